The number of aliphatic hydroxyl groups is 1. The van der Waals surface area contributed by atoms with Gasteiger partial charge in [-0.3, -0.25) is 4.90 Å². The van der Waals surface area contributed by atoms with Crippen LogP contribution in [-0.2, 0) is 4.74 Å². The van der Waals surface area contributed by atoms with E-state index >= 15 is 0 Å². The van der Waals surface area contributed by atoms with E-state index in [1.54, 1.807) is 0 Å². The number of hydrogen-bond acceptors (Lipinski definition) is 4. The first-order valence-electron chi connectivity index (χ1n) is 5.44. The van der Waals surface area contributed by atoms with Gasteiger partial charge in [0.2, 0.25) is 0 Å². The first-order chi connectivity index (χ1) is 6.72. The van der Waals surface area contributed by atoms with E-state index in [9.17, 15) is 5.11 Å². The quantitative estimate of drug-likeness (QED) is 0.641. The van der Waals surface area contributed by atoms with Crippen molar-refractivity contribution in [1.82, 2.24) is 10.2 Å². The van der Waals surface area contributed by atoms with Crippen molar-refractivity contribution < 1.29 is 9.84 Å². The molecule has 1 fully saturated rings. The topological polar surface area (TPSA) is 44.7 Å². The molecule has 0 bridgehead atoms. The Balaban J connectivity index is 2.15. The average Bonchev–Trinajstić information content (AvgIpc) is 2.15. The van der Waals surface area contributed by atoms with Gasteiger partial charge in [-0.05, 0) is 13.8 Å². The summed E-state index contributed by atoms with van der Waals surface area (Å²) < 4.78 is 5.17. The number of nitrogens with zero attached hydrogens (tertiary/aromatic N) is 1. The third-order valence-corrected chi connectivity index (χ3v) is 2.44. The normalized spacial score (nSPS) is 26.4. The number of piperazine rings is 1. The Kier molecular flexibility index (Phi) is 5.40. The summed E-state index contributed by atoms with van der Waals surface area (Å²) in [6.45, 7) is 9.02. The molecule has 14 heavy (non-hydrogen) atoms. The maximum absolute atomic E-state index is 9.63. The summed E-state index contributed by atoms with van der Waals surface area (Å²) in [6, 6.07) is 0.531. The molecule has 4 heteroatoms. The molecule has 1 unspecified atom stereocenters. The molecule has 1 saturated heterocycles. The van der Waals surface area contributed by atoms with Crippen molar-refractivity contribution in [3.05, 3.63) is 0 Å². The fourth-order valence-corrected chi connectivity index (χ4v) is 1.78. The SMILES string of the molecule is CCOCC(O)CN1CCN[C@H](C)C1. The van der Waals surface area contributed by atoms with Crippen LogP contribution >= 0.6 is 0 Å². The van der Waals surface area contributed by atoms with Gasteiger partial charge in [0, 0.05) is 38.8 Å². The molecule has 0 aromatic rings. The highest BCUT2D eigenvalue weighted by atomic mass is 16.5. The van der Waals surface area contributed by atoms with E-state index in [-0.39, 0.29) is 6.10 Å². The largest absolute Gasteiger partial charge is 0.389 e. The minimum atomic E-state index is -0.347. The van der Waals surface area contributed by atoms with Crippen LogP contribution in [0.5, 0.6) is 0 Å². The molecule has 4 nitrogen and oxygen atoms in total. The van der Waals surface area contributed by atoms with Crippen LogP contribution in [0.3, 0.4) is 0 Å². The summed E-state index contributed by atoms with van der Waals surface area (Å²) in [5.41, 5.74) is 0. The van der Waals surface area contributed by atoms with Crippen LogP contribution in [0, 0.1) is 0 Å². The van der Waals surface area contributed by atoms with E-state index in [1.165, 1.54) is 0 Å². The second-order valence-electron chi connectivity index (χ2n) is 3.93. The smallest absolute Gasteiger partial charge is 0.0900 e. The number of ether oxygens (including phenoxy) is 1. The van der Waals surface area contributed by atoms with Gasteiger partial charge >= 0.3 is 0 Å². The summed E-state index contributed by atoms with van der Waals surface area (Å²) in [5.74, 6) is 0. The molecule has 0 aliphatic carbocycles. The molecule has 1 aliphatic heterocycles. The second-order valence-corrected chi connectivity index (χ2v) is 3.93. The number of nitrogens with one attached hydrogen (secondary N) is 1. The standard InChI is InChI=1S/C10H22N2O2/c1-3-14-8-10(13)7-12-5-4-11-9(2)6-12/h9-11,13H,3-8H2,1-2H3/t9-,10?/m1/s1. The third-order valence-electron chi connectivity index (χ3n) is 2.44. The minimum Gasteiger partial charge on any atom is -0.389 e. The van der Waals surface area contributed by atoms with Gasteiger partial charge in [0.25, 0.3) is 0 Å². The zero-order chi connectivity index (χ0) is 10.4. The van der Waals surface area contributed by atoms with Crippen molar-refractivity contribution in [3.8, 4) is 0 Å². The van der Waals surface area contributed by atoms with Crippen molar-refractivity contribution >= 4 is 0 Å². The van der Waals surface area contributed by atoms with Gasteiger partial charge < -0.3 is 15.2 Å². The summed E-state index contributed by atoms with van der Waals surface area (Å²) in [6.07, 6.45) is -0.347. The maximum atomic E-state index is 9.63. The lowest BCUT2D eigenvalue weighted by Crippen LogP contribution is -2.51. The van der Waals surface area contributed by atoms with Crippen molar-refractivity contribution in [2.75, 3.05) is 39.4 Å². The van der Waals surface area contributed by atoms with Gasteiger partial charge in [-0.25, -0.2) is 0 Å². The Morgan fingerprint density at radius 1 is 1.64 bits per heavy atom. The number of aliphatic hydroxyl groups excluding tert-OH is 1. The zero-order valence-corrected chi connectivity index (χ0v) is 9.20. The van der Waals surface area contributed by atoms with Gasteiger partial charge in [0.05, 0.1) is 12.7 Å². The molecule has 0 aromatic carbocycles. The lowest BCUT2D eigenvalue weighted by atomic mass is 10.2. The van der Waals surface area contributed by atoms with Crippen LogP contribution in [0.1, 0.15) is 13.8 Å². The summed E-state index contributed by atoms with van der Waals surface area (Å²) in [4.78, 5) is 2.28. The Bertz CT molecular complexity index is 155. The first kappa shape index (κ1) is 11.9. The van der Waals surface area contributed by atoms with Gasteiger partial charge in [-0.1, -0.05) is 0 Å². The van der Waals surface area contributed by atoms with E-state index < -0.39 is 0 Å². The molecular formula is C10H22N2O2. The molecule has 2 atom stereocenters. The molecule has 0 saturated carbocycles. The summed E-state index contributed by atoms with van der Waals surface area (Å²) >= 11 is 0. The van der Waals surface area contributed by atoms with Crippen molar-refractivity contribution in [1.29, 1.82) is 0 Å². The van der Waals surface area contributed by atoms with Gasteiger partial charge in [0.15, 0.2) is 0 Å². The zero-order valence-electron chi connectivity index (χ0n) is 9.20. The van der Waals surface area contributed by atoms with E-state index in [0.29, 0.717) is 19.3 Å². The third kappa shape index (κ3) is 4.37. The molecule has 84 valence electrons. The molecule has 1 rings (SSSR count). The highest BCUT2D eigenvalue weighted by Crippen LogP contribution is 2.00. The van der Waals surface area contributed by atoms with Crippen LogP contribution in [0.15, 0.2) is 0 Å². The lowest BCUT2D eigenvalue weighted by molar-refractivity contribution is 0.0165. The Morgan fingerprint density at radius 2 is 2.43 bits per heavy atom. The molecule has 0 spiro atoms. The summed E-state index contributed by atoms with van der Waals surface area (Å²) in [5, 5.41) is 13.0. The highest BCUT2D eigenvalue weighted by Gasteiger charge is 2.17. The lowest BCUT2D eigenvalue weighted by Gasteiger charge is -2.32. The first-order valence-corrected chi connectivity index (χ1v) is 5.44. The Labute approximate surface area is 86.2 Å². The van der Waals surface area contributed by atoms with Gasteiger partial charge in [-0.15, -0.1) is 0 Å². The molecule has 1 aliphatic rings. The number of hydrogen-bond donors (Lipinski definition) is 2. The average molecular weight is 202 g/mol. The number of rotatable bonds is 5. The van der Waals surface area contributed by atoms with Crippen LogP contribution in [0.4, 0.5) is 0 Å². The van der Waals surface area contributed by atoms with Crippen LogP contribution in [-0.4, -0.2) is 61.5 Å². The Hall–Kier alpha value is -0.160. The predicted octanol–water partition coefficient (Wildman–Crippen LogP) is -0.322. The van der Waals surface area contributed by atoms with Gasteiger partial charge in [0.1, 0.15) is 0 Å². The molecule has 0 amide bonds. The fraction of sp³-hybridized carbons (Fsp3) is 1.00. The van der Waals surface area contributed by atoms with Crippen LogP contribution < -0.4 is 5.32 Å². The number of β-amino-alcohol motifs (C(OH)–C–C–N with tert-alkyl or cyclic N) is 1. The van der Waals surface area contributed by atoms with E-state index in [4.69, 9.17) is 4.74 Å². The van der Waals surface area contributed by atoms with Gasteiger partial charge in [-0.2, -0.15) is 0 Å². The Morgan fingerprint density at radius 3 is 3.07 bits per heavy atom. The van der Waals surface area contributed by atoms with Crippen molar-refractivity contribution in [2.45, 2.75) is 26.0 Å². The predicted molar refractivity (Wildman–Crippen MR) is 56.4 cm³/mol. The second kappa shape index (κ2) is 6.35. The maximum Gasteiger partial charge on any atom is 0.0900 e. The minimum absolute atomic E-state index is 0.347. The molecule has 1 heterocycles. The highest BCUT2D eigenvalue weighted by molar-refractivity contribution is 4.76. The molecular weight excluding hydrogens is 180 g/mol. The monoisotopic (exact) mass is 202 g/mol. The van der Waals surface area contributed by atoms with Crippen molar-refractivity contribution in [3.63, 3.8) is 0 Å². The van der Waals surface area contributed by atoms with Crippen molar-refractivity contribution in [2.24, 2.45) is 0 Å². The van der Waals surface area contributed by atoms with Crippen LogP contribution in [0.25, 0.3) is 0 Å². The van der Waals surface area contributed by atoms with E-state index in [0.717, 1.165) is 26.2 Å². The van der Waals surface area contributed by atoms with E-state index in [2.05, 4.69) is 17.1 Å². The summed E-state index contributed by atoms with van der Waals surface area (Å²) in [7, 11) is 0. The molecule has 0 radical (unpaired) electrons. The van der Waals surface area contributed by atoms with Crippen LogP contribution in [0.2, 0.25) is 0 Å². The van der Waals surface area contributed by atoms with E-state index in [1.807, 2.05) is 6.92 Å². The fourth-order valence-electron chi connectivity index (χ4n) is 1.78. The molecule has 2 N–H and O–H groups in total. The molecule has 0 aromatic heterocycles.